The molecule has 0 unspecified atom stereocenters. The molecule has 0 N–H and O–H groups in total. The van der Waals surface area contributed by atoms with Gasteiger partial charge >= 0.3 is 0 Å². The van der Waals surface area contributed by atoms with Crippen LogP contribution < -0.4 is 0 Å². The smallest absolute Gasteiger partial charge is 0.0998 e. The molecule has 0 saturated heterocycles. The molecule has 0 bridgehead atoms. The summed E-state index contributed by atoms with van der Waals surface area (Å²) in [6, 6.07) is 8.21. The first-order valence-electron chi connectivity index (χ1n) is 7.34. The quantitative estimate of drug-likeness (QED) is 0.656. The fraction of sp³-hybridized carbons (Fsp3) is 0.368. The highest BCUT2D eigenvalue weighted by Crippen LogP contribution is 2.54. The lowest BCUT2D eigenvalue weighted by Gasteiger charge is -2.40. The fourth-order valence-corrected chi connectivity index (χ4v) is 3.98. The lowest BCUT2D eigenvalue weighted by Crippen LogP contribution is -2.34. The Morgan fingerprint density at radius 3 is 2.19 bits per heavy atom. The number of allylic oxidation sites excluding steroid dienone is 3. The summed E-state index contributed by atoms with van der Waals surface area (Å²) in [5.41, 5.74) is 6.25. The van der Waals surface area contributed by atoms with E-state index >= 15 is 0 Å². The summed E-state index contributed by atoms with van der Waals surface area (Å²) in [5, 5.41) is 18.9. The molecule has 1 spiro atoms. The Morgan fingerprint density at radius 2 is 1.62 bits per heavy atom. The van der Waals surface area contributed by atoms with Crippen molar-refractivity contribution >= 4 is 6.08 Å². The molecule has 104 valence electrons. The van der Waals surface area contributed by atoms with Crippen molar-refractivity contribution in [2.75, 3.05) is 0 Å². The van der Waals surface area contributed by atoms with Crippen LogP contribution in [0.25, 0.3) is 6.08 Å². The summed E-state index contributed by atoms with van der Waals surface area (Å²) < 4.78 is 0. The van der Waals surface area contributed by atoms with Crippen LogP contribution >= 0.6 is 0 Å². The van der Waals surface area contributed by atoms with Gasteiger partial charge < -0.3 is 0 Å². The molecule has 1 aromatic carbocycles. The highest BCUT2D eigenvalue weighted by Gasteiger charge is 2.45. The van der Waals surface area contributed by atoms with Crippen LogP contribution in [0.1, 0.15) is 55.9 Å². The van der Waals surface area contributed by atoms with Crippen molar-refractivity contribution in [1.29, 1.82) is 10.5 Å². The van der Waals surface area contributed by atoms with E-state index in [1.54, 1.807) is 6.07 Å². The number of nitrogens with zero attached hydrogens (tertiary/aromatic N) is 2. The van der Waals surface area contributed by atoms with Crippen molar-refractivity contribution in [3.8, 4) is 12.1 Å². The second kappa shape index (κ2) is 4.61. The average Bonchev–Trinajstić information content (AvgIpc) is 2.78. The van der Waals surface area contributed by atoms with E-state index in [9.17, 15) is 10.5 Å². The highest BCUT2D eigenvalue weighted by atomic mass is 14.5. The summed E-state index contributed by atoms with van der Waals surface area (Å²) in [6.07, 6.45) is 6.21. The molecule has 0 heterocycles. The van der Waals surface area contributed by atoms with E-state index in [1.807, 2.05) is 12.1 Å². The van der Waals surface area contributed by atoms with Crippen LogP contribution in [0.15, 0.2) is 29.4 Å². The van der Waals surface area contributed by atoms with Crippen molar-refractivity contribution in [2.24, 2.45) is 5.92 Å². The van der Waals surface area contributed by atoms with Crippen LogP contribution in [0.4, 0.5) is 0 Å². The molecular formula is C19H18N2. The number of benzene rings is 1. The molecule has 21 heavy (non-hydrogen) atoms. The van der Waals surface area contributed by atoms with Gasteiger partial charge in [0.1, 0.15) is 0 Å². The van der Waals surface area contributed by atoms with Gasteiger partial charge in [0.05, 0.1) is 23.3 Å². The molecule has 0 fully saturated rings. The van der Waals surface area contributed by atoms with Crippen molar-refractivity contribution in [2.45, 2.75) is 39.0 Å². The van der Waals surface area contributed by atoms with E-state index < -0.39 is 0 Å². The molecule has 2 aliphatic rings. The number of hydrogen-bond donors (Lipinski definition) is 0. The molecule has 0 aromatic heterocycles. The fourth-order valence-electron chi connectivity index (χ4n) is 3.98. The predicted molar refractivity (Wildman–Crippen MR) is 83.4 cm³/mol. The third-order valence-electron chi connectivity index (χ3n) is 5.30. The Bertz CT molecular complexity index is 752. The summed E-state index contributed by atoms with van der Waals surface area (Å²) in [4.78, 5) is 0. The molecule has 3 rings (SSSR count). The first-order valence-corrected chi connectivity index (χ1v) is 7.34. The van der Waals surface area contributed by atoms with E-state index in [-0.39, 0.29) is 5.41 Å². The summed E-state index contributed by atoms with van der Waals surface area (Å²) >= 11 is 0. The van der Waals surface area contributed by atoms with Gasteiger partial charge in [0, 0.05) is 5.41 Å². The normalized spacial score (nSPS) is 22.0. The molecule has 0 amide bonds. The van der Waals surface area contributed by atoms with Crippen LogP contribution in [-0.4, -0.2) is 0 Å². The number of fused-ring (bicyclic) bond motifs is 2. The zero-order valence-electron chi connectivity index (χ0n) is 12.7. The molecular weight excluding hydrogens is 256 g/mol. The van der Waals surface area contributed by atoms with Gasteiger partial charge in [0.15, 0.2) is 0 Å². The summed E-state index contributed by atoms with van der Waals surface area (Å²) in [6.45, 7) is 6.61. The lowest BCUT2D eigenvalue weighted by molar-refractivity contribution is 0.346. The Morgan fingerprint density at radius 1 is 1.05 bits per heavy atom. The lowest BCUT2D eigenvalue weighted by atomic mass is 9.62. The summed E-state index contributed by atoms with van der Waals surface area (Å²) in [7, 11) is 0. The Kier molecular flexibility index (Phi) is 2.99. The predicted octanol–water partition coefficient (Wildman–Crippen LogP) is 4.46. The van der Waals surface area contributed by atoms with Gasteiger partial charge in [-0.05, 0) is 55.9 Å². The van der Waals surface area contributed by atoms with Gasteiger partial charge in [-0.1, -0.05) is 30.2 Å². The monoisotopic (exact) mass is 274 g/mol. The molecule has 0 saturated carbocycles. The van der Waals surface area contributed by atoms with Crippen LogP contribution in [0, 0.1) is 28.6 Å². The van der Waals surface area contributed by atoms with Crippen molar-refractivity contribution < 1.29 is 0 Å². The SMILES string of the molecule is CC1=C(C)CC2(C1)c1c(C#N)ccc(C#N)c1C=C[C@H]2C. The Labute approximate surface area is 126 Å². The van der Waals surface area contributed by atoms with Crippen molar-refractivity contribution in [3.63, 3.8) is 0 Å². The molecule has 2 nitrogen and oxygen atoms in total. The topological polar surface area (TPSA) is 47.6 Å². The van der Waals surface area contributed by atoms with Crippen LogP contribution in [0.2, 0.25) is 0 Å². The maximum Gasteiger partial charge on any atom is 0.0998 e. The van der Waals surface area contributed by atoms with Gasteiger partial charge in [0.2, 0.25) is 0 Å². The van der Waals surface area contributed by atoms with E-state index in [0.29, 0.717) is 11.5 Å². The molecule has 1 aromatic rings. The van der Waals surface area contributed by atoms with Crippen molar-refractivity contribution in [1.82, 2.24) is 0 Å². The Balaban J connectivity index is 2.32. The first-order chi connectivity index (χ1) is 10.0. The third kappa shape index (κ3) is 1.76. The van der Waals surface area contributed by atoms with Crippen molar-refractivity contribution in [3.05, 3.63) is 51.6 Å². The van der Waals surface area contributed by atoms with Gasteiger partial charge in [-0.15, -0.1) is 0 Å². The highest BCUT2D eigenvalue weighted by molar-refractivity contribution is 5.71. The minimum Gasteiger partial charge on any atom is -0.192 e. The number of hydrogen-bond acceptors (Lipinski definition) is 2. The zero-order chi connectivity index (χ0) is 15.2. The minimum absolute atomic E-state index is 0.0455. The third-order valence-corrected chi connectivity index (χ3v) is 5.30. The first kappa shape index (κ1) is 13.7. The largest absolute Gasteiger partial charge is 0.192 e. The molecule has 0 radical (unpaired) electrons. The van der Waals surface area contributed by atoms with Crippen LogP contribution in [0.3, 0.4) is 0 Å². The molecule has 1 atom stereocenters. The summed E-state index contributed by atoms with van der Waals surface area (Å²) in [5.74, 6) is 0.374. The molecule has 2 aliphatic carbocycles. The number of rotatable bonds is 0. The van der Waals surface area contributed by atoms with E-state index in [4.69, 9.17) is 0 Å². The second-order valence-electron chi connectivity index (χ2n) is 6.39. The van der Waals surface area contributed by atoms with Gasteiger partial charge in [-0.3, -0.25) is 0 Å². The van der Waals surface area contributed by atoms with E-state index in [1.165, 1.54) is 11.1 Å². The van der Waals surface area contributed by atoms with Crippen LogP contribution in [-0.2, 0) is 5.41 Å². The Hall–Kier alpha value is -2.32. The van der Waals surface area contributed by atoms with E-state index in [2.05, 4.69) is 39.0 Å². The minimum atomic E-state index is -0.0455. The van der Waals surface area contributed by atoms with Gasteiger partial charge in [0.25, 0.3) is 0 Å². The van der Waals surface area contributed by atoms with E-state index in [0.717, 1.165) is 29.5 Å². The van der Waals surface area contributed by atoms with Crippen LogP contribution in [0.5, 0.6) is 0 Å². The van der Waals surface area contributed by atoms with Gasteiger partial charge in [-0.25, -0.2) is 0 Å². The standard InChI is InChI=1S/C19H18N2/c1-12-8-19(9-13(12)2)14(3)4-7-17-15(10-20)5-6-16(11-21)18(17)19/h4-7,14H,8-9H2,1-3H3/t14-/m1/s1. The molecule has 2 heteroatoms. The maximum atomic E-state index is 9.55. The number of nitriles is 2. The molecule has 0 aliphatic heterocycles. The second-order valence-corrected chi connectivity index (χ2v) is 6.39. The maximum absolute atomic E-state index is 9.55. The average molecular weight is 274 g/mol. The van der Waals surface area contributed by atoms with Gasteiger partial charge in [-0.2, -0.15) is 10.5 Å². The zero-order valence-corrected chi connectivity index (χ0v) is 12.7.